The number of aliphatic hydroxyl groups excluding tert-OH is 1. The second kappa shape index (κ2) is 4.45. The van der Waals surface area contributed by atoms with Crippen molar-refractivity contribution >= 4 is 5.78 Å². The van der Waals surface area contributed by atoms with Crippen LogP contribution in [0.3, 0.4) is 0 Å². The summed E-state index contributed by atoms with van der Waals surface area (Å²) in [6.07, 6.45) is 1.43. The molecular formula is C11H12O2. The maximum atomic E-state index is 11.6. The molecule has 0 aliphatic rings. The third-order valence-electron chi connectivity index (χ3n) is 1.86. The Balaban J connectivity index is 2.92. The molecule has 1 aromatic carbocycles. The van der Waals surface area contributed by atoms with Crippen LogP contribution in [0.1, 0.15) is 23.7 Å². The first-order valence-electron chi connectivity index (χ1n) is 4.22. The molecular weight excluding hydrogens is 164 g/mol. The lowest BCUT2D eigenvalue weighted by Gasteiger charge is -2.01. The first kappa shape index (κ1) is 9.52. The Labute approximate surface area is 77.5 Å². The van der Waals surface area contributed by atoms with Crippen molar-refractivity contribution in [3.8, 4) is 0 Å². The zero-order chi connectivity index (χ0) is 9.68. The third-order valence-corrected chi connectivity index (χ3v) is 1.86. The van der Waals surface area contributed by atoms with E-state index in [2.05, 4.69) is 0 Å². The van der Waals surface area contributed by atoms with Crippen LogP contribution in [0.4, 0.5) is 0 Å². The molecule has 0 aliphatic carbocycles. The zero-order valence-electron chi connectivity index (χ0n) is 7.53. The largest absolute Gasteiger partial charge is 0.515 e. The van der Waals surface area contributed by atoms with Crippen LogP contribution in [0.5, 0.6) is 0 Å². The normalized spacial score (nSPS) is 11.3. The van der Waals surface area contributed by atoms with Crippen LogP contribution in [0, 0.1) is 0 Å². The van der Waals surface area contributed by atoms with Crippen LogP contribution in [0.15, 0.2) is 42.2 Å². The molecule has 0 unspecified atom stereocenters. The Hall–Kier alpha value is -1.57. The van der Waals surface area contributed by atoms with Crippen molar-refractivity contribution in [2.75, 3.05) is 0 Å². The summed E-state index contributed by atoms with van der Waals surface area (Å²) in [5.41, 5.74) is 1.05. The highest BCUT2D eigenvalue weighted by Crippen LogP contribution is 2.10. The molecule has 2 nitrogen and oxygen atoms in total. The standard InChI is InChI=1S/C11H12O2/c1-2-9(8-12)11(13)10-6-4-3-5-7-10/h3-8,12H,2H2,1H3. The number of hydrogen-bond donors (Lipinski definition) is 1. The number of ketones is 1. The van der Waals surface area contributed by atoms with Crippen LogP contribution in [-0.4, -0.2) is 10.9 Å². The summed E-state index contributed by atoms with van der Waals surface area (Å²) in [6, 6.07) is 8.93. The number of allylic oxidation sites excluding steroid dienone is 1. The predicted octanol–water partition coefficient (Wildman–Crippen LogP) is 2.72. The van der Waals surface area contributed by atoms with Crippen molar-refractivity contribution in [2.45, 2.75) is 13.3 Å². The van der Waals surface area contributed by atoms with E-state index in [1.54, 1.807) is 24.3 Å². The maximum absolute atomic E-state index is 11.6. The van der Waals surface area contributed by atoms with E-state index in [1.807, 2.05) is 13.0 Å². The lowest BCUT2D eigenvalue weighted by Crippen LogP contribution is -2.02. The van der Waals surface area contributed by atoms with E-state index in [1.165, 1.54) is 0 Å². The van der Waals surface area contributed by atoms with Crippen molar-refractivity contribution in [1.29, 1.82) is 0 Å². The van der Waals surface area contributed by atoms with Gasteiger partial charge in [0.15, 0.2) is 5.78 Å². The van der Waals surface area contributed by atoms with Crippen molar-refractivity contribution in [3.63, 3.8) is 0 Å². The molecule has 0 aliphatic heterocycles. The van der Waals surface area contributed by atoms with Crippen LogP contribution in [0.2, 0.25) is 0 Å². The van der Waals surface area contributed by atoms with Gasteiger partial charge in [0.05, 0.1) is 6.26 Å². The molecule has 2 heteroatoms. The molecule has 0 fully saturated rings. The molecule has 1 rings (SSSR count). The van der Waals surface area contributed by atoms with Gasteiger partial charge in [-0.25, -0.2) is 0 Å². The predicted molar refractivity (Wildman–Crippen MR) is 51.8 cm³/mol. The van der Waals surface area contributed by atoms with E-state index in [9.17, 15) is 4.79 Å². The highest BCUT2D eigenvalue weighted by atomic mass is 16.2. The Morgan fingerprint density at radius 3 is 2.46 bits per heavy atom. The molecule has 0 amide bonds. The fourth-order valence-corrected chi connectivity index (χ4v) is 1.09. The number of Topliss-reactive ketones (excluding diaryl/α,β-unsaturated/α-hetero) is 1. The molecule has 0 saturated heterocycles. The van der Waals surface area contributed by atoms with Crippen LogP contribution in [-0.2, 0) is 0 Å². The first-order chi connectivity index (χ1) is 6.29. The fraction of sp³-hybridized carbons (Fsp3) is 0.182. The maximum Gasteiger partial charge on any atom is 0.192 e. The molecule has 0 bridgehead atoms. The topological polar surface area (TPSA) is 37.3 Å². The first-order valence-corrected chi connectivity index (χ1v) is 4.22. The van der Waals surface area contributed by atoms with Gasteiger partial charge in [-0.2, -0.15) is 0 Å². The summed E-state index contributed by atoms with van der Waals surface area (Å²) in [6.45, 7) is 1.84. The summed E-state index contributed by atoms with van der Waals surface area (Å²) in [5.74, 6) is -0.106. The number of benzene rings is 1. The Kier molecular flexibility index (Phi) is 3.26. The smallest absolute Gasteiger partial charge is 0.192 e. The molecule has 0 radical (unpaired) electrons. The Morgan fingerprint density at radius 2 is 2.00 bits per heavy atom. The van der Waals surface area contributed by atoms with E-state index < -0.39 is 0 Å². The van der Waals surface area contributed by atoms with Crippen LogP contribution >= 0.6 is 0 Å². The number of aliphatic hydroxyl groups is 1. The number of carbonyl (C=O) groups is 1. The molecule has 13 heavy (non-hydrogen) atoms. The average Bonchev–Trinajstić information content (AvgIpc) is 2.21. The minimum atomic E-state index is -0.106. The van der Waals surface area contributed by atoms with Gasteiger partial charge in [0.1, 0.15) is 0 Å². The Morgan fingerprint density at radius 1 is 1.38 bits per heavy atom. The second-order valence-corrected chi connectivity index (χ2v) is 2.70. The number of carbonyl (C=O) groups excluding carboxylic acids is 1. The SMILES string of the molecule is CCC(=CO)C(=O)c1ccccc1. The average molecular weight is 176 g/mol. The van der Waals surface area contributed by atoms with Gasteiger partial charge in [0.2, 0.25) is 0 Å². The summed E-state index contributed by atoms with van der Waals surface area (Å²) in [4.78, 5) is 11.6. The van der Waals surface area contributed by atoms with Gasteiger partial charge in [0, 0.05) is 11.1 Å². The van der Waals surface area contributed by atoms with E-state index >= 15 is 0 Å². The molecule has 1 N–H and O–H groups in total. The lowest BCUT2D eigenvalue weighted by molar-refractivity contribution is 0.102. The van der Waals surface area contributed by atoms with Gasteiger partial charge in [0.25, 0.3) is 0 Å². The van der Waals surface area contributed by atoms with Crippen molar-refractivity contribution in [2.24, 2.45) is 0 Å². The summed E-state index contributed by atoms with van der Waals surface area (Å²) >= 11 is 0. The number of hydrogen-bond acceptors (Lipinski definition) is 2. The van der Waals surface area contributed by atoms with Crippen molar-refractivity contribution < 1.29 is 9.90 Å². The highest BCUT2D eigenvalue weighted by Gasteiger charge is 2.09. The van der Waals surface area contributed by atoms with E-state index in [-0.39, 0.29) is 5.78 Å². The number of rotatable bonds is 3. The van der Waals surface area contributed by atoms with Crippen LogP contribution in [0.25, 0.3) is 0 Å². The summed E-state index contributed by atoms with van der Waals surface area (Å²) < 4.78 is 0. The molecule has 0 atom stereocenters. The summed E-state index contributed by atoms with van der Waals surface area (Å²) in [5, 5.41) is 8.77. The summed E-state index contributed by atoms with van der Waals surface area (Å²) in [7, 11) is 0. The van der Waals surface area contributed by atoms with Gasteiger partial charge in [-0.3, -0.25) is 4.79 Å². The fourth-order valence-electron chi connectivity index (χ4n) is 1.09. The Bertz CT molecular complexity index is 312. The lowest BCUT2D eigenvalue weighted by atomic mass is 10.0. The molecule has 68 valence electrons. The van der Waals surface area contributed by atoms with Gasteiger partial charge in [-0.05, 0) is 6.42 Å². The molecule has 0 saturated carbocycles. The van der Waals surface area contributed by atoms with Gasteiger partial charge in [-0.15, -0.1) is 0 Å². The van der Waals surface area contributed by atoms with Gasteiger partial charge < -0.3 is 5.11 Å². The highest BCUT2D eigenvalue weighted by molar-refractivity contribution is 6.08. The minimum Gasteiger partial charge on any atom is -0.515 e. The van der Waals surface area contributed by atoms with Gasteiger partial charge in [-0.1, -0.05) is 37.3 Å². The monoisotopic (exact) mass is 176 g/mol. The molecule has 0 spiro atoms. The van der Waals surface area contributed by atoms with Crippen molar-refractivity contribution in [1.82, 2.24) is 0 Å². The third kappa shape index (κ3) is 2.18. The minimum absolute atomic E-state index is 0.106. The van der Waals surface area contributed by atoms with Gasteiger partial charge >= 0.3 is 0 Å². The quantitative estimate of drug-likeness (QED) is 0.436. The zero-order valence-corrected chi connectivity index (χ0v) is 7.53. The van der Waals surface area contributed by atoms with Crippen molar-refractivity contribution in [3.05, 3.63) is 47.7 Å². The van der Waals surface area contributed by atoms with Crippen LogP contribution < -0.4 is 0 Å². The molecule has 0 aromatic heterocycles. The molecule has 1 aromatic rings. The van der Waals surface area contributed by atoms with E-state index in [4.69, 9.17) is 5.11 Å². The second-order valence-electron chi connectivity index (χ2n) is 2.70. The van der Waals surface area contributed by atoms with E-state index in [0.29, 0.717) is 17.6 Å². The van der Waals surface area contributed by atoms with E-state index in [0.717, 1.165) is 6.26 Å². The molecule has 0 heterocycles.